The fraction of sp³-hybridized carbons (Fsp3) is 0.625. The van der Waals surface area contributed by atoms with Crippen molar-refractivity contribution in [1.29, 1.82) is 0 Å². The van der Waals surface area contributed by atoms with Gasteiger partial charge < -0.3 is 5.32 Å². The zero-order valence-corrected chi connectivity index (χ0v) is 13.2. The minimum atomic E-state index is 0.422. The summed E-state index contributed by atoms with van der Waals surface area (Å²) in [4.78, 5) is 0. The van der Waals surface area contributed by atoms with E-state index in [4.69, 9.17) is 0 Å². The van der Waals surface area contributed by atoms with Crippen LogP contribution in [0.1, 0.15) is 51.6 Å². The third-order valence-corrected chi connectivity index (χ3v) is 5.18. The fourth-order valence-electron chi connectivity index (χ4n) is 2.97. The van der Waals surface area contributed by atoms with Gasteiger partial charge in [0, 0.05) is 16.6 Å². The molecule has 1 aromatic carbocycles. The van der Waals surface area contributed by atoms with Gasteiger partial charge in [-0.05, 0) is 49.7 Å². The number of nitrogens with one attached hydrogen (secondary N) is 1. The van der Waals surface area contributed by atoms with E-state index < -0.39 is 0 Å². The van der Waals surface area contributed by atoms with Crippen LogP contribution in [-0.4, -0.2) is 6.04 Å². The first-order valence-electron chi connectivity index (χ1n) is 7.08. The molecule has 1 nitrogen and oxygen atoms in total. The van der Waals surface area contributed by atoms with Crippen LogP contribution in [0.25, 0.3) is 0 Å². The van der Waals surface area contributed by atoms with Crippen molar-refractivity contribution < 1.29 is 0 Å². The van der Waals surface area contributed by atoms with Gasteiger partial charge in [0.25, 0.3) is 0 Å². The van der Waals surface area contributed by atoms with Crippen LogP contribution in [0.4, 0.5) is 0 Å². The summed E-state index contributed by atoms with van der Waals surface area (Å²) < 4.78 is 1.21. The van der Waals surface area contributed by atoms with Crippen molar-refractivity contribution in [3.8, 4) is 0 Å². The molecule has 0 amide bonds. The van der Waals surface area contributed by atoms with Crippen LogP contribution in [0.2, 0.25) is 0 Å². The molecule has 0 spiro atoms. The molecule has 1 aliphatic rings. The number of hydrogen-bond donors (Lipinski definition) is 1. The monoisotopic (exact) mass is 309 g/mol. The SMILES string of the molecule is CC1CCC(N[C@H](C)c2ccccc2Br)CC1C. The van der Waals surface area contributed by atoms with Crippen LogP contribution in [-0.2, 0) is 0 Å². The first-order chi connectivity index (χ1) is 8.58. The molecule has 4 atom stereocenters. The molecule has 0 radical (unpaired) electrons. The van der Waals surface area contributed by atoms with E-state index in [1.165, 1.54) is 29.3 Å². The van der Waals surface area contributed by atoms with Crippen molar-refractivity contribution >= 4 is 15.9 Å². The topological polar surface area (TPSA) is 12.0 Å². The maximum Gasteiger partial charge on any atom is 0.0305 e. The summed E-state index contributed by atoms with van der Waals surface area (Å²) in [5.41, 5.74) is 1.36. The zero-order chi connectivity index (χ0) is 13.1. The number of rotatable bonds is 3. The third kappa shape index (κ3) is 3.36. The van der Waals surface area contributed by atoms with Crippen LogP contribution >= 0.6 is 15.9 Å². The number of hydrogen-bond acceptors (Lipinski definition) is 1. The van der Waals surface area contributed by atoms with Crippen LogP contribution in [0, 0.1) is 11.8 Å². The van der Waals surface area contributed by atoms with Gasteiger partial charge in [0.15, 0.2) is 0 Å². The van der Waals surface area contributed by atoms with E-state index in [0.717, 1.165) is 11.8 Å². The highest BCUT2D eigenvalue weighted by atomic mass is 79.9. The molecule has 100 valence electrons. The first kappa shape index (κ1) is 14.1. The summed E-state index contributed by atoms with van der Waals surface area (Å²) in [7, 11) is 0. The minimum absolute atomic E-state index is 0.422. The second-order valence-electron chi connectivity index (χ2n) is 5.87. The van der Waals surface area contributed by atoms with Crippen LogP contribution in [0.3, 0.4) is 0 Å². The fourth-order valence-corrected chi connectivity index (χ4v) is 3.60. The first-order valence-corrected chi connectivity index (χ1v) is 7.87. The molecule has 0 aromatic heterocycles. The van der Waals surface area contributed by atoms with E-state index in [2.05, 4.69) is 66.3 Å². The minimum Gasteiger partial charge on any atom is -0.307 e. The van der Waals surface area contributed by atoms with Gasteiger partial charge in [0.1, 0.15) is 0 Å². The van der Waals surface area contributed by atoms with Gasteiger partial charge in [-0.1, -0.05) is 48.0 Å². The lowest BCUT2D eigenvalue weighted by molar-refractivity contribution is 0.217. The Labute approximate surface area is 119 Å². The van der Waals surface area contributed by atoms with Gasteiger partial charge in [0.2, 0.25) is 0 Å². The standard InChI is InChI=1S/C16H24BrN/c1-11-8-9-14(10-12(11)2)18-13(3)15-6-4-5-7-16(15)17/h4-7,11-14,18H,8-10H2,1-3H3/t11?,12?,13-,14?/m1/s1. The molecule has 1 N–H and O–H groups in total. The Bertz CT molecular complexity index is 390. The predicted octanol–water partition coefficient (Wildman–Crippen LogP) is 4.92. The summed E-state index contributed by atoms with van der Waals surface area (Å²) in [5.74, 6) is 1.74. The van der Waals surface area contributed by atoms with E-state index in [9.17, 15) is 0 Å². The van der Waals surface area contributed by atoms with Gasteiger partial charge in [-0.15, -0.1) is 0 Å². The normalized spacial score (nSPS) is 30.1. The molecule has 1 aromatic rings. The van der Waals surface area contributed by atoms with Crippen LogP contribution < -0.4 is 5.32 Å². The van der Waals surface area contributed by atoms with Crippen molar-refractivity contribution in [3.05, 3.63) is 34.3 Å². The molecule has 0 aliphatic heterocycles. The lowest BCUT2D eigenvalue weighted by atomic mass is 9.79. The Hall–Kier alpha value is -0.340. The van der Waals surface area contributed by atoms with E-state index in [1.54, 1.807) is 0 Å². The highest BCUT2D eigenvalue weighted by molar-refractivity contribution is 9.10. The molecule has 18 heavy (non-hydrogen) atoms. The highest BCUT2D eigenvalue weighted by Crippen LogP contribution is 2.31. The molecule has 0 heterocycles. The van der Waals surface area contributed by atoms with Gasteiger partial charge >= 0.3 is 0 Å². The Balaban J connectivity index is 1.96. The summed E-state index contributed by atoms with van der Waals surface area (Å²) in [6.45, 7) is 7.04. The van der Waals surface area contributed by atoms with Gasteiger partial charge in [-0.3, -0.25) is 0 Å². The van der Waals surface area contributed by atoms with Crippen molar-refractivity contribution in [2.45, 2.75) is 52.1 Å². The average molecular weight is 310 g/mol. The van der Waals surface area contributed by atoms with Gasteiger partial charge in [0.05, 0.1) is 0 Å². The predicted molar refractivity (Wildman–Crippen MR) is 81.7 cm³/mol. The van der Waals surface area contributed by atoms with Crippen LogP contribution in [0.5, 0.6) is 0 Å². The third-order valence-electron chi connectivity index (χ3n) is 4.46. The average Bonchev–Trinajstić information content (AvgIpc) is 2.34. The Morgan fingerprint density at radius 3 is 2.56 bits per heavy atom. The smallest absolute Gasteiger partial charge is 0.0305 e. The molecule has 0 saturated heterocycles. The van der Waals surface area contributed by atoms with E-state index in [0.29, 0.717) is 12.1 Å². The van der Waals surface area contributed by atoms with Crippen molar-refractivity contribution in [2.24, 2.45) is 11.8 Å². The maximum absolute atomic E-state index is 3.80. The Kier molecular flexibility index (Phi) is 4.85. The van der Waals surface area contributed by atoms with Gasteiger partial charge in [-0.25, -0.2) is 0 Å². The molecule has 1 aliphatic carbocycles. The summed E-state index contributed by atoms with van der Waals surface area (Å²) in [6, 6.07) is 9.62. The molecule has 3 unspecified atom stereocenters. The van der Waals surface area contributed by atoms with Crippen molar-refractivity contribution in [2.75, 3.05) is 0 Å². The Morgan fingerprint density at radius 1 is 1.17 bits per heavy atom. The van der Waals surface area contributed by atoms with Gasteiger partial charge in [-0.2, -0.15) is 0 Å². The summed E-state index contributed by atoms with van der Waals surface area (Å²) in [6.07, 6.45) is 4.00. The zero-order valence-electron chi connectivity index (χ0n) is 11.6. The number of benzene rings is 1. The van der Waals surface area contributed by atoms with E-state index >= 15 is 0 Å². The largest absolute Gasteiger partial charge is 0.307 e. The maximum atomic E-state index is 3.80. The van der Waals surface area contributed by atoms with Crippen molar-refractivity contribution in [3.63, 3.8) is 0 Å². The molecule has 1 fully saturated rings. The van der Waals surface area contributed by atoms with E-state index in [-0.39, 0.29) is 0 Å². The lowest BCUT2D eigenvalue weighted by Crippen LogP contribution is -2.37. The summed E-state index contributed by atoms with van der Waals surface area (Å²) in [5, 5.41) is 3.80. The number of halogens is 1. The molecule has 0 bridgehead atoms. The van der Waals surface area contributed by atoms with Crippen LogP contribution in [0.15, 0.2) is 28.7 Å². The molecule has 1 saturated carbocycles. The molecular weight excluding hydrogens is 286 g/mol. The molecular formula is C16H24BrN. The second kappa shape index (κ2) is 6.21. The molecule has 2 heteroatoms. The van der Waals surface area contributed by atoms with E-state index in [1.807, 2.05) is 0 Å². The highest BCUT2D eigenvalue weighted by Gasteiger charge is 2.25. The summed E-state index contributed by atoms with van der Waals surface area (Å²) >= 11 is 3.64. The van der Waals surface area contributed by atoms with Crippen molar-refractivity contribution in [1.82, 2.24) is 5.32 Å². The Morgan fingerprint density at radius 2 is 1.89 bits per heavy atom. The quantitative estimate of drug-likeness (QED) is 0.835. The second-order valence-corrected chi connectivity index (χ2v) is 6.73. The lowest BCUT2D eigenvalue weighted by Gasteiger charge is -2.34. The molecule has 2 rings (SSSR count).